The van der Waals surface area contributed by atoms with E-state index in [4.69, 9.17) is 9.47 Å². The van der Waals surface area contributed by atoms with Crippen molar-refractivity contribution in [1.82, 2.24) is 25.5 Å². The number of hydrogen-bond acceptors (Lipinski definition) is 7. The maximum Gasteiger partial charge on any atom is 0.319 e. The number of benzene rings is 1. The number of tetrazole rings is 1. The molecule has 0 bridgehead atoms. The van der Waals surface area contributed by atoms with Crippen LogP contribution in [0.25, 0.3) is 5.69 Å². The maximum atomic E-state index is 11.9. The van der Waals surface area contributed by atoms with E-state index in [0.717, 1.165) is 37.1 Å². The van der Waals surface area contributed by atoms with Gasteiger partial charge in [0, 0.05) is 6.07 Å². The van der Waals surface area contributed by atoms with E-state index in [9.17, 15) is 4.79 Å². The highest BCUT2D eigenvalue weighted by atomic mass is 16.5. The number of aromatic nitrogens is 4. The summed E-state index contributed by atoms with van der Waals surface area (Å²) in [6.45, 7) is 4.55. The summed E-state index contributed by atoms with van der Waals surface area (Å²) in [6, 6.07) is 7.61. The molecule has 0 atom stereocenters. The molecule has 0 amide bonds. The summed E-state index contributed by atoms with van der Waals surface area (Å²) < 4.78 is 12.1. The summed E-state index contributed by atoms with van der Waals surface area (Å²) in [5.41, 5.74) is 0.358. The molecule has 1 heterocycles. The van der Waals surface area contributed by atoms with Gasteiger partial charge in [-0.1, -0.05) is 13.0 Å². The van der Waals surface area contributed by atoms with Gasteiger partial charge in [-0.25, -0.2) is 0 Å². The van der Waals surface area contributed by atoms with Crippen LogP contribution in [0.5, 0.6) is 5.75 Å². The second-order valence-corrected chi connectivity index (χ2v) is 7.04. The Kier molecular flexibility index (Phi) is 6.05. The number of esters is 1. The average Bonchev–Trinajstić information content (AvgIpc) is 3.19. The van der Waals surface area contributed by atoms with E-state index in [1.807, 2.05) is 24.3 Å². The number of carbonyl (C=O) groups is 1. The van der Waals surface area contributed by atoms with Crippen LogP contribution in [-0.2, 0) is 15.1 Å². The summed E-state index contributed by atoms with van der Waals surface area (Å²) in [4.78, 5) is 11.9. The molecule has 0 aliphatic heterocycles. The SMILES string of the molecule is CCOC(=O)CNC1(c2nnnn2-c2cccc(OC)c2)CCC(C)CC1. The molecular formula is C19H27N5O3. The van der Waals surface area contributed by atoms with Gasteiger partial charge in [-0.15, -0.1) is 5.10 Å². The quantitative estimate of drug-likeness (QED) is 0.744. The molecule has 146 valence electrons. The van der Waals surface area contributed by atoms with E-state index >= 15 is 0 Å². The number of rotatable bonds is 7. The van der Waals surface area contributed by atoms with Crippen LogP contribution >= 0.6 is 0 Å². The van der Waals surface area contributed by atoms with E-state index in [2.05, 4.69) is 27.8 Å². The molecule has 27 heavy (non-hydrogen) atoms. The maximum absolute atomic E-state index is 11.9. The van der Waals surface area contributed by atoms with Crippen LogP contribution in [0.1, 0.15) is 45.4 Å². The first-order chi connectivity index (χ1) is 13.1. The second-order valence-electron chi connectivity index (χ2n) is 7.04. The van der Waals surface area contributed by atoms with Gasteiger partial charge in [-0.3, -0.25) is 10.1 Å². The van der Waals surface area contributed by atoms with Crippen molar-refractivity contribution in [2.75, 3.05) is 20.3 Å². The number of methoxy groups -OCH3 is 1. The zero-order valence-corrected chi connectivity index (χ0v) is 16.1. The molecular weight excluding hydrogens is 346 g/mol. The van der Waals surface area contributed by atoms with Gasteiger partial charge in [0.15, 0.2) is 5.82 Å². The molecule has 0 saturated heterocycles. The zero-order valence-electron chi connectivity index (χ0n) is 16.1. The molecule has 0 unspecified atom stereocenters. The Labute approximate surface area is 159 Å². The largest absolute Gasteiger partial charge is 0.497 e. The van der Waals surface area contributed by atoms with Gasteiger partial charge in [-0.05, 0) is 61.1 Å². The number of carbonyl (C=O) groups excluding carboxylic acids is 1. The first-order valence-corrected chi connectivity index (χ1v) is 9.42. The number of nitrogens with one attached hydrogen (secondary N) is 1. The standard InChI is InChI=1S/C19H27N5O3/c1-4-27-17(25)13-20-19(10-8-14(2)9-11-19)18-21-22-23-24(18)15-6-5-7-16(12-15)26-3/h5-7,12,14,20H,4,8-11,13H2,1-3H3. The lowest BCUT2D eigenvalue weighted by molar-refractivity contribution is -0.142. The van der Waals surface area contributed by atoms with E-state index in [1.165, 1.54) is 0 Å². The van der Waals surface area contributed by atoms with E-state index in [-0.39, 0.29) is 12.5 Å². The third kappa shape index (κ3) is 4.27. The van der Waals surface area contributed by atoms with Crippen LogP contribution in [0.3, 0.4) is 0 Å². The minimum absolute atomic E-state index is 0.132. The highest BCUT2D eigenvalue weighted by Gasteiger charge is 2.41. The van der Waals surface area contributed by atoms with Crippen LogP contribution in [0, 0.1) is 5.92 Å². The fraction of sp³-hybridized carbons (Fsp3) is 0.579. The Balaban J connectivity index is 1.93. The zero-order chi connectivity index (χ0) is 19.3. The topological polar surface area (TPSA) is 91.2 Å². The van der Waals surface area contributed by atoms with Gasteiger partial charge in [-0.2, -0.15) is 4.68 Å². The number of ether oxygens (including phenoxy) is 2. The number of hydrogen-bond donors (Lipinski definition) is 1. The van der Waals surface area contributed by atoms with Crippen molar-refractivity contribution < 1.29 is 14.3 Å². The Morgan fingerprint density at radius 2 is 2.15 bits per heavy atom. The van der Waals surface area contributed by atoms with Crippen molar-refractivity contribution in [3.05, 3.63) is 30.1 Å². The van der Waals surface area contributed by atoms with E-state index < -0.39 is 5.54 Å². The minimum Gasteiger partial charge on any atom is -0.497 e. The van der Waals surface area contributed by atoms with Crippen molar-refractivity contribution in [2.45, 2.75) is 45.1 Å². The van der Waals surface area contributed by atoms with Gasteiger partial charge in [0.2, 0.25) is 0 Å². The molecule has 1 aliphatic carbocycles. The Morgan fingerprint density at radius 3 is 2.85 bits per heavy atom. The molecule has 1 aromatic heterocycles. The lowest BCUT2D eigenvalue weighted by Gasteiger charge is -2.38. The monoisotopic (exact) mass is 373 g/mol. The summed E-state index contributed by atoms with van der Waals surface area (Å²) in [6.07, 6.45) is 3.80. The molecule has 1 N–H and O–H groups in total. The van der Waals surface area contributed by atoms with Crippen molar-refractivity contribution in [2.24, 2.45) is 5.92 Å². The Bertz CT molecular complexity index is 768. The van der Waals surface area contributed by atoms with Gasteiger partial charge >= 0.3 is 5.97 Å². The predicted molar refractivity (Wildman–Crippen MR) is 99.7 cm³/mol. The predicted octanol–water partition coefficient (Wildman–Crippen LogP) is 2.23. The van der Waals surface area contributed by atoms with Crippen LogP contribution in [0.2, 0.25) is 0 Å². The summed E-state index contributed by atoms with van der Waals surface area (Å²) in [5.74, 6) is 1.83. The van der Waals surface area contributed by atoms with Crippen molar-refractivity contribution in [3.63, 3.8) is 0 Å². The molecule has 1 saturated carbocycles. The van der Waals surface area contributed by atoms with E-state index in [1.54, 1.807) is 18.7 Å². The molecule has 8 nitrogen and oxygen atoms in total. The smallest absolute Gasteiger partial charge is 0.319 e. The Hall–Kier alpha value is -2.48. The molecule has 2 aromatic rings. The van der Waals surface area contributed by atoms with Crippen molar-refractivity contribution in [3.8, 4) is 11.4 Å². The van der Waals surface area contributed by atoms with Gasteiger partial charge in [0.05, 0.1) is 31.5 Å². The highest BCUT2D eigenvalue weighted by Crippen LogP contribution is 2.39. The van der Waals surface area contributed by atoms with E-state index in [0.29, 0.717) is 18.3 Å². The van der Waals surface area contributed by atoms with Gasteiger partial charge in [0.25, 0.3) is 0 Å². The first kappa shape index (κ1) is 19.3. The molecule has 0 radical (unpaired) electrons. The first-order valence-electron chi connectivity index (χ1n) is 9.42. The molecule has 3 rings (SSSR count). The fourth-order valence-electron chi connectivity index (χ4n) is 3.59. The fourth-order valence-corrected chi connectivity index (χ4v) is 3.59. The van der Waals surface area contributed by atoms with Gasteiger partial charge in [0.1, 0.15) is 5.75 Å². The average molecular weight is 373 g/mol. The lowest BCUT2D eigenvalue weighted by atomic mass is 9.76. The van der Waals surface area contributed by atoms with Crippen LogP contribution in [-0.4, -0.2) is 46.4 Å². The highest BCUT2D eigenvalue weighted by molar-refractivity contribution is 5.71. The summed E-state index contributed by atoms with van der Waals surface area (Å²) in [7, 11) is 1.63. The van der Waals surface area contributed by atoms with Crippen molar-refractivity contribution in [1.29, 1.82) is 0 Å². The molecule has 1 fully saturated rings. The molecule has 1 aliphatic rings. The summed E-state index contributed by atoms with van der Waals surface area (Å²) >= 11 is 0. The lowest BCUT2D eigenvalue weighted by Crippen LogP contribution is -2.49. The molecule has 8 heteroatoms. The van der Waals surface area contributed by atoms with Crippen LogP contribution in [0.4, 0.5) is 0 Å². The van der Waals surface area contributed by atoms with Crippen LogP contribution in [0.15, 0.2) is 24.3 Å². The van der Waals surface area contributed by atoms with Crippen molar-refractivity contribution >= 4 is 5.97 Å². The number of nitrogens with zero attached hydrogens (tertiary/aromatic N) is 4. The third-order valence-corrected chi connectivity index (χ3v) is 5.20. The molecule has 0 spiro atoms. The molecule has 1 aromatic carbocycles. The normalized spacial score (nSPS) is 22.4. The third-order valence-electron chi connectivity index (χ3n) is 5.20. The summed E-state index contributed by atoms with van der Waals surface area (Å²) in [5, 5.41) is 15.9. The Morgan fingerprint density at radius 1 is 1.37 bits per heavy atom. The van der Waals surface area contributed by atoms with Gasteiger partial charge < -0.3 is 9.47 Å². The second kappa shape index (κ2) is 8.47. The van der Waals surface area contributed by atoms with Crippen LogP contribution < -0.4 is 10.1 Å². The minimum atomic E-state index is -0.466.